The average molecular weight is 219 g/mol. The van der Waals surface area contributed by atoms with Crippen LogP contribution in [0.4, 0.5) is 0 Å². The van der Waals surface area contributed by atoms with Crippen molar-refractivity contribution < 1.29 is 9.59 Å². The van der Waals surface area contributed by atoms with E-state index in [9.17, 15) is 9.59 Å². The lowest BCUT2D eigenvalue weighted by atomic mass is 9.93. The Balaban J connectivity index is 2.06. The van der Waals surface area contributed by atoms with Gasteiger partial charge in [0.15, 0.2) is 0 Å². The van der Waals surface area contributed by atoms with Gasteiger partial charge in [0, 0.05) is 17.7 Å². The Morgan fingerprint density at radius 1 is 1.12 bits per heavy atom. The minimum absolute atomic E-state index is 0.0382. The number of amides is 2. The number of carbonyl (C=O) groups excluding carboxylic acids is 2. The van der Waals surface area contributed by atoms with E-state index in [1.165, 1.54) is 4.90 Å². The fraction of sp³-hybridized carbons (Fsp3) is 0.538. The number of imide groups is 1. The quantitative estimate of drug-likeness (QED) is 0.413. The van der Waals surface area contributed by atoms with Crippen molar-refractivity contribution >= 4 is 11.8 Å². The van der Waals surface area contributed by atoms with Gasteiger partial charge in [-0.2, -0.15) is 0 Å². The standard InChI is InChI=1S/C13H17NO2/c1-2-3-6-9-14-12(15)10-7-4-5-8-11(10)13(14)16/h2H,1,3-9H2. The van der Waals surface area contributed by atoms with Crippen LogP contribution in [0.1, 0.15) is 38.5 Å². The molecule has 0 aromatic heterocycles. The predicted octanol–water partition coefficient (Wildman–Crippen LogP) is 2.19. The highest BCUT2D eigenvalue weighted by atomic mass is 16.2. The monoisotopic (exact) mass is 219 g/mol. The van der Waals surface area contributed by atoms with Crippen molar-refractivity contribution in [1.29, 1.82) is 0 Å². The molecule has 1 aliphatic carbocycles. The molecule has 2 aliphatic rings. The van der Waals surface area contributed by atoms with E-state index in [-0.39, 0.29) is 11.8 Å². The predicted molar refractivity (Wildman–Crippen MR) is 61.6 cm³/mol. The summed E-state index contributed by atoms with van der Waals surface area (Å²) in [6.45, 7) is 4.17. The second-order valence-electron chi connectivity index (χ2n) is 4.36. The Labute approximate surface area is 95.8 Å². The minimum Gasteiger partial charge on any atom is -0.275 e. The first-order valence-corrected chi connectivity index (χ1v) is 5.95. The maximum absolute atomic E-state index is 12.0. The van der Waals surface area contributed by atoms with Crippen LogP contribution in [-0.2, 0) is 9.59 Å². The summed E-state index contributed by atoms with van der Waals surface area (Å²) < 4.78 is 0. The molecule has 0 N–H and O–H groups in total. The molecule has 2 amide bonds. The lowest BCUT2D eigenvalue weighted by Crippen LogP contribution is -2.32. The average Bonchev–Trinajstić information content (AvgIpc) is 2.55. The van der Waals surface area contributed by atoms with Gasteiger partial charge in [0.05, 0.1) is 0 Å². The molecule has 86 valence electrons. The molecule has 1 heterocycles. The lowest BCUT2D eigenvalue weighted by Gasteiger charge is -2.13. The molecule has 0 spiro atoms. The molecule has 0 radical (unpaired) electrons. The molecule has 0 fully saturated rings. The molecule has 0 saturated heterocycles. The van der Waals surface area contributed by atoms with Gasteiger partial charge < -0.3 is 0 Å². The molecule has 2 rings (SSSR count). The maximum atomic E-state index is 12.0. The maximum Gasteiger partial charge on any atom is 0.257 e. The fourth-order valence-electron chi connectivity index (χ4n) is 2.39. The first kappa shape index (κ1) is 11.1. The van der Waals surface area contributed by atoms with E-state index in [1.807, 2.05) is 6.08 Å². The number of unbranched alkanes of at least 4 members (excludes halogenated alkanes) is 1. The van der Waals surface area contributed by atoms with Crippen LogP contribution in [0.3, 0.4) is 0 Å². The van der Waals surface area contributed by atoms with Crippen molar-refractivity contribution in [3.8, 4) is 0 Å². The summed E-state index contributed by atoms with van der Waals surface area (Å²) in [7, 11) is 0. The molecular formula is C13H17NO2. The minimum atomic E-state index is -0.0382. The summed E-state index contributed by atoms with van der Waals surface area (Å²) in [6, 6.07) is 0. The fourth-order valence-corrected chi connectivity index (χ4v) is 2.39. The number of carbonyl (C=O) groups is 2. The van der Waals surface area contributed by atoms with Crippen LogP contribution in [0.2, 0.25) is 0 Å². The summed E-state index contributed by atoms with van der Waals surface area (Å²) in [4.78, 5) is 25.3. The normalized spacial score (nSPS) is 20.4. The van der Waals surface area contributed by atoms with Crippen molar-refractivity contribution in [2.45, 2.75) is 38.5 Å². The SMILES string of the molecule is C=CCCCN1C(=O)C2=C(CCCC2)C1=O. The zero-order valence-corrected chi connectivity index (χ0v) is 9.50. The number of allylic oxidation sites excluding steroid dienone is 1. The number of hydrogen-bond acceptors (Lipinski definition) is 2. The molecule has 0 bridgehead atoms. The van der Waals surface area contributed by atoms with Crippen LogP contribution >= 0.6 is 0 Å². The van der Waals surface area contributed by atoms with Crippen LogP contribution in [0, 0.1) is 0 Å². The Kier molecular flexibility index (Phi) is 3.22. The van der Waals surface area contributed by atoms with Crippen LogP contribution in [0.5, 0.6) is 0 Å². The summed E-state index contributed by atoms with van der Waals surface area (Å²) in [6.07, 6.45) is 7.15. The second kappa shape index (κ2) is 4.64. The van der Waals surface area contributed by atoms with Gasteiger partial charge in [-0.05, 0) is 38.5 Å². The van der Waals surface area contributed by atoms with Crippen LogP contribution in [0.25, 0.3) is 0 Å². The van der Waals surface area contributed by atoms with E-state index in [0.717, 1.165) is 49.7 Å². The molecular weight excluding hydrogens is 202 g/mol. The summed E-state index contributed by atoms with van der Waals surface area (Å²) >= 11 is 0. The molecule has 3 nitrogen and oxygen atoms in total. The first-order valence-electron chi connectivity index (χ1n) is 5.95. The van der Waals surface area contributed by atoms with E-state index >= 15 is 0 Å². The second-order valence-corrected chi connectivity index (χ2v) is 4.36. The van der Waals surface area contributed by atoms with Gasteiger partial charge in [0.25, 0.3) is 11.8 Å². The highest BCUT2D eigenvalue weighted by Gasteiger charge is 2.37. The Hall–Kier alpha value is -1.38. The molecule has 0 aromatic rings. The molecule has 0 saturated carbocycles. The highest BCUT2D eigenvalue weighted by Crippen LogP contribution is 2.32. The summed E-state index contributed by atoms with van der Waals surface area (Å²) in [5.74, 6) is -0.0764. The smallest absolute Gasteiger partial charge is 0.257 e. The Morgan fingerprint density at radius 2 is 1.69 bits per heavy atom. The van der Waals surface area contributed by atoms with Crippen molar-refractivity contribution in [2.24, 2.45) is 0 Å². The summed E-state index contributed by atoms with van der Waals surface area (Å²) in [5, 5.41) is 0. The molecule has 3 heteroatoms. The zero-order chi connectivity index (χ0) is 11.5. The number of hydrogen-bond donors (Lipinski definition) is 0. The van der Waals surface area contributed by atoms with Crippen LogP contribution in [-0.4, -0.2) is 23.3 Å². The van der Waals surface area contributed by atoms with Crippen molar-refractivity contribution in [3.63, 3.8) is 0 Å². The third-order valence-electron chi connectivity index (χ3n) is 3.26. The third kappa shape index (κ3) is 1.82. The van der Waals surface area contributed by atoms with Crippen LogP contribution < -0.4 is 0 Å². The van der Waals surface area contributed by atoms with E-state index in [0.29, 0.717) is 6.54 Å². The van der Waals surface area contributed by atoms with Gasteiger partial charge in [-0.1, -0.05) is 6.08 Å². The van der Waals surface area contributed by atoms with Gasteiger partial charge >= 0.3 is 0 Å². The van der Waals surface area contributed by atoms with Crippen LogP contribution in [0.15, 0.2) is 23.8 Å². The molecule has 0 atom stereocenters. The van der Waals surface area contributed by atoms with E-state index < -0.39 is 0 Å². The molecule has 0 aromatic carbocycles. The highest BCUT2D eigenvalue weighted by molar-refractivity contribution is 6.19. The summed E-state index contributed by atoms with van der Waals surface area (Å²) in [5.41, 5.74) is 1.57. The Bertz CT molecular complexity index is 340. The number of nitrogens with zero attached hydrogens (tertiary/aromatic N) is 1. The zero-order valence-electron chi connectivity index (χ0n) is 9.50. The van der Waals surface area contributed by atoms with E-state index in [1.54, 1.807) is 0 Å². The largest absolute Gasteiger partial charge is 0.275 e. The van der Waals surface area contributed by atoms with Crippen molar-refractivity contribution in [3.05, 3.63) is 23.8 Å². The van der Waals surface area contributed by atoms with Gasteiger partial charge in [0.1, 0.15) is 0 Å². The molecule has 16 heavy (non-hydrogen) atoms. The first-order chi connectivity index (χ1) is 7.75. The third-order valence-corrected chi connectivity index (χ3v) is 3.26. The molecule has 0 unspecified atom stereocenters. The number of rotatable bonds is 4. The van der Waals surface area contributed by atoms with Gasteiger partial charge in [-0.15, -0.1) is 6.58 Å². The van der Waals surface area contributed by atoms with Crippen molar-refractivity contribution in [2.75, 3.05) is 6.54 Å². The topological polar surface area (TPSA) is 37.4 Å². The van der Waals surface area contributed by atoms with Gasteiger partial charge in [0.2, 0.25) is 0 Å². The van der Waals surface area contributed by atoms with E-state index in [2.05, 4.69) is 6.58 Å². The lowest BCUT2D eigenvalue weighted by molar-refractivity contribution is -0.137. The van der Waals surface area contributed by atoms with Gasteiger partial charge in [-0.3, -0.25) is 14.5 Å². The van der Waals surface area contributed by atoms with Crippen molar-refractivity contribution in [1.82, 2.24) is 4.90 Å². The Morgan fingerprint density at radius 3 is 2.19 bits per heavy atom. The van der Waals surface area contributed by atoms with E-state index in [4.69, 9.17) is 0 Å². The molecule has 1 aliphatic heterocycles. The van der Waals surface area contributed by atoms with Gasteiger partial charge in [-0.25, -0.2) is 0 Å².